The number of benzene rings is 2. The number of anilines is 1. The summed E-state index contributed by atoms with van der Waals surface area (Å²) in [6.07, 6.45) is 3.03. The molecule has 2 unspecified atom stereocenters. The summed E-state index contributed by atoms with van der Waals surface area (Å²) < 4.78 is 0. The van der Waals surface area contributed by atoms with Gasteiger partial charge in [-0.05, 0) is 75.4 Å². The third-order valence-electron chi connectivity index (χ3n) is 5.61. The molecular weight excluding hydrogens is 362 g/mol. The Morgan fingerprint density at radius 2 is 1.83 bits per heavy atom. The van der Waals surface area contributed by atoms with Gasteiger partial charge in [0.15, 0.2) is 0 Å². The van der Waals surface area contributed by atoms with Gasteiger partial charge in [-0.15, -0.1) is 0 Å². The number of rotatable bonds is 7. The average molecular weight is 396 g/mol. The number of hydrogen-bond acceptors (Lipinski definition) is 3. The van der Waals surface area contributed by atoms with Crippen LogP contribution < -0.4 is 10.6 Å². The average Bonchev–Trinajstić information content (AvgIpc) is 2.70. The molecule has 0 radical (unpaired) electrons. The maximum absolute atomic E-state index is 12.3. The van der Waals surface area contributed by atoms with Crippen molar-refractivity contribution >= 4 is 11.7 Å². The van der Waals surface area contributed by atoms with E-state index in [1.54, 1.807) is 13.0 Å². The molecule has 0 aliphatic carbocycles. The van der Waals surface area contributed by atoms with Gasteiger partial charge in [-0.25, -0.2) is 4.79 Å². The first-order chi connectivity index (χ1) is 14.0. The molecule has 0 aromatic heterocycles. The molecule has 3 rings (SSSR count). The largest absolute Gasteiger partial charge is 0.389 e. The van der Waals surface area contributed by atoms with E-state index in [-0.39, 0.29) is 12.1 Å². The van der Waals surface area contributed by atoms with Crippen molar-refractivity contribution in [3.8, 4) is 0 Å². The molecule has 1 aliphatic heterocycles. The second-order valence-electron chi connectivity index (χ2n) is 8.23. The zero-order chi connectivity index (χ0) is 20.6. The fourth-order valence-corrected chi connectivity index (χ4v) is 4.02. The van der Waals surface area contributed by atoms with Crippen LogP contribution >= 0.6 is 0 Å². The third kappa shape index (κ3) is 6.87. The molecule has 0 spiro atoms. The van der Waals surface area contributed by atoms with E-state index in [0.29, 0.717) is 5.69 Å². The Labute approximate surface area is 174 Å². The summed E-state index contributed by atoms with van der Waals surface area (Å²) in [6.45, 7) is 6.79. The first-order valence-corrected chi connectivity index (χ1v) is 10.6. The minimum absolute atomic E-state index is 0.0700. The van der Waals surface area contributed by atoms with Gasteiger partial charge in [-0.3, -0.25) is 0 Å². The smallest absolute Gasteiger partial charge is 0.319 e. The maximum atomic E-state index is 12.3. The summed E-state index contributed by atoms with van der Waals surface area (Å²) >= 11 is 0. The zero-order valence-electron chi connectivity index (χ0n) is 17.5. The molecule has 2 aromatic rings. The Hall–Kier alpha value is -2.37. The van der Waals surface area contributed by atoms with Crippen LogP contribution in [0.1, 0.15) is 43.9 Å². The normalized spacial score (nSPS) is 17.5. The second kappa shape index (κ2) is 10.4. The highest BCUT2D eigenvalue weighted by atomic mass is 16.3. The number of nitrogens with one attached hydrogen (secondary N) is 2. The fourth-order valence-electron chi connectivity index (χ4n) is 4.02. The Morgan fingerprint density at radius 3 is 2.52 bits per heavy atom. The van der Waals surface area contributed by atoms with Crippen LogP contribution in [0.3, 0.4) is 0 Å². The SMILES string of the molecule is CC(CN1CCC(Cc2ccccc2)CC1)NC(=O)Nc1cccc(C(C)O)c1. The second-order valence-corrected chi connectivity index (χ2v) is 8.23. The van der Waals surface area contributed by atoms with Gasteiger partial charge in [0.05, 0.1) is 6.10 Å². The van der Waals surface area contributed by atoms with Crippen LogP contribution in [0.15, 0.2) is 54.6 Å². The van der Waals surface area contributed by atoms with Gasteiger partial charge in [-0.1, -0.05) is 42.5 Å². The molecule has 1 aliphatic rings. The van der Waals surface area contributed by atoms with Crippen molar-refractivity contribution < 1.29 is 9.90 Å². The minimum Gasteiger partial charge on any atom is -0.389 e. The molecule has 2 aromatic carbocycles. The molecule has 5 nitrogen and oxygen atoms in total. The van der Waals surface area contributed by atoms with Gasteiger partial charge in [-0.2, -0.15) is 0 Å². The lowest BCUT2D eigenvalue weighted by molar-refractivity contribution is 0.171. The summed E-state index contributed by atoms with van der Waals surface area (Å²) in [5.41, 5.74) is 2.90. The fraction of sp³-hybridized carbons (Fsp3) is 0.458. The molecule has 156 valence electrons. The van der Waals surface area contributed by atoms with Gasteiger partial charge < -0.3 is 20.6 Å². The van der Waals surface area contributed by atoms with Gasteiger partial charge in [0.2, 0.25) is 0 Å². The maximum Gasteiger partial charge on any atom is 0.319 e. The van der Waals surface area contributed by atoms with Crippen molar-refractivity contribution in [3.05, 3.63) is 65.7 Å². The lowest BCUT2D eigenvalue weighted by atomic mass is 9.90. The van der Waals surface area contributed by atoms with E-state index >= 15 is 0 Å². The lowest BCUT2D eigenvalue weighted by Gasteiger charge is -2.33. The summed E-state index contributed by atoms with van der Waals surface area (Å²) in [5.74, 6) is 0.751. The predicted octanol–water partition coefficient (Wildman–Crippen LogP) is 4.20. The van der Waals surface area contributed by atoms with E-state index in [2.05, 4.69) is 45.9 Å². The Bertz CT molecular complexity index is 771. The molecule has 29 heavy (non-hydrogen) atoms. The Morgan fingerprint density at radius 1 is 1.10 bits per heavy atom. The molecule has 2 amide bonds. The van der Waals surface area contributed by atoms with Crippen LogP contribution in [0.2, 0.25) is 0 Å². The number of piperidine rings is 1. The predicted molar refractivity (Wildman–Crippen MR) is 118 cm³/mol. The van der Waals surface area contributed by atoms with Crippen molar-refractivity contribution in [2.24, 2.45) is 5.92 Å². The molecule has 3 N–H and O–H groups in total. The summed E-state index contributed by atoms with van der Waals surface area (Å²) in [7, 11) is 0. The van der Waals surface area contributed by atoms with Crippen LogP contribution in [0.25, 0.3) is 0 Å². The lowest BCUT2D eigenvalue weighted by Crippen LogP contribution is -2.46. The number of hydrogen-bond donors (Lipinski definition) is 3. The highest BCUT2D eigenvalue weighted by Crippen LogP contribution is 2.22. The summed E-state index contributed by atoms with van der Waals surface area (Å²) in [5, 5.41) is 15.6. The highest BCUT2D eigenvalue weighted by molar-refractivity contribution is 5.89. The number of aliphatic hydroxyl groups excluding tert-OH is 1. The first kappa shape index (κ1) is 21.3. The number of likely N-dealkylation sites (tertiary alicyclic amines) is 1. The molecule has 0 saturated carbocycles. The van der Waals surface area contributed by atoms with E-state index in [4.69, 9.17) is 0 Å². The number of amides is 2. The van der Waals surface area contributed by atoms with Crippen molar-refractivity contribution in [1.82, 2.24) is 10.2 Å². The number of aliphatic hydroxyl groups is 1. The molecule has 0 bridgehead atoms. The molecule has 1 saturated heterocycles. The van der Waals surface area contributed by atoms with E-state index in [9.17, 15) is 9.90 Å². The Balaban J connectivity index is 1.39. The monoisotopic (exact) mass is 395 g/mol. The van der Waals surface area contributed by atoms with Gasteiger partial charge in [0.1, 0.15) is 0 Å². The third-order valence-corrected chi connectivity index (χ3v) is 5.61. The van der Waals surface area contributed by atoms with Gasteiger partial charge in [0.25, 0.3) is 0 Å². The van der Waals surface area contributed by atoms with E-state index in [1.807, 2.05) is 25.1 Å². The van der Waals surface area contributed by atoms with Crippen molar-refractivity contribution in [1.29, 1.82) is 0 Å². The molecule has 2 atom stereocenters. The van der Waals surface area contributed by atoms with E-state index in [0.717, 1.165) is 37.5 Å². The zero-order valence-corrected chi connectivity index (χ0v) is 17.5. The Kier molecular flexibility index (Phi) is 7.67. The quantitative estimate of drug-likeness (QED) is 0.658. The molecule has 5 heteroatoms. The minimum atomic E-state index is -0.552. The van der Waals surface area contributed by atoms with Crippen molar-refractivity contribution in [2.75, 3.05) is 25.0 Å². The van der Waals surface area contributed by atoms with Crippen LogP contribution in [0.4, 0.5) is 10.5 Å². The summed E-state index contributed by atoms with van der Waals surface area (Å²) in [4.78, 5) is 14.7. The van der Waals surface area contributed by atoms with Crippen LogP contribution in [0.5, 0.6) is 0 Å². The molecular formula is C24H33N3O2. The van der Waals surface area contributed by atoms with Crippen LogP contribution in [-0.2, 0) is 6.42 Å². The topological polar surface area (TPSA) is 64.6 Å². The van der Waals surface area contributed by atoms with E-state index in [1.165, 1.54) is 18.4 Å². The molecule has 1 fully saturated rings. The standard InChI is InChI=1S/C24H33N3O2/c1-18(25-24(29)26-23-10-6-9-22(16-23)19(2)28)17-27-13-11-21(12-14-27)15-20-7-4-3-5-8-20/h3-10,16,18-19,21,28H,11-15,17H2,1-2H3,(H2,25,26,29). The number of urea groups is 1. The van der Waals surface area contributed by atoms with Crippen molar-refractivity contribution in [2.45, 2.75) is 45.3 Å². The summed E-state index contributed by atoms with van der Waals surface area (Å²) in [6, 6.07) is 17.9. The van der Waals surface area contributed by atoms with E-state index < -0.39 is 6.10 Å². The van der Waals surface area contributed by atoms with Gasteiger partial charge >= 0.3 is 6.03 Å². The molecule has 1 heterocycles. The van der Waals surface area contributed by atoms with Gasteiger partial charge in [0, 0.05) is 18.3 Å². The van der Waals surface area contributed by atoms with Crippen LogP contribution in [0, 0.1) is 5.92 Å². The highest BCUT2D eigenvalue weighted by Gasteiger charge is 2.21. The number of carbonyl (C=O) groups is 1. The van der Waals surface area contributed by atoms with Crippen molar-refractivity contribution in [3.63, 3.8) is 0 Å². The first-order valence-electron chi connectivity index (χ1n) is 10.6. The van der Waals surface area contributed by atoms with Crippen LogP contribution in [-0.4, -0.2) is 41.7 Å². The number of nitrogens with zero attached hydrogens (tertiary/aromatic N) is 1. The number of carbonyl (C=O) groups excluding carboxylic acids is 1.